The minimum atomic E-state index is -0.0468. The molecular weight excluding hydrogens is 218 g/mol. The average molecular weight is 237 g/mol. The molecule has 1 aliphatic rings. The molecule has 0 bridgehead atoms. The minimum Gasteiger partial charge on any atom is -0.338 e. The lowest BCUT2D eigenvalue weighted by atomic mass is 10.2. The summed E-state index contributed by atoms with van der Waals surface area (Å²) in [4.78, 5) is 15.5. The molecule has 1 aromatic rings. The lowest BCUT2D eigenvalue weighted by Crippen LogP contribution is -2.41. The second kappa shape index (κ2) is 6.22. The Kier molecular flexibility index (Phi) is 4.35. The van der Waals surface area contributed by atoms with E-state index in [4.69, 9.17) is 0 Å². The Morgan fingerprint density at radius 2 is 2.29 bits per heavy atom. The predicted octanol–water partition coefficient (Wildman–Crippen LogP) is 0.979. The van der Waals surface area contributed by atoms with Gasteiger partial charge in [-0.15, -0.1) is 0 Å². The molecule has 2 rings (SSSR count). The molecule has 0 aliphatic heterocycles. The summed E-state index contributed by atoms with van der Waals surface area (Å²) >= 11 is 0. The zero-order valence-electron chi connectivity index (χ0n) is 9.91. The van der Waals surface area contributed by atoms with Gasteiger partial charge in [-0.2, -0.15) is 5.10 Å². The summed E-state index contributed by atoms with van der Waals surface area (Å²) in [6, 6.07) is 0.332. The predicted molar refractivity (Wildman–Crippen MR) is 63.5 cm³/mol. The van der Waals surface area contributed by atoms with Gasteiger partial charge in [0.05, 0.1) is 0 Å². The second-order valence-electron chi connectivity index (χ2n) is 4.42. The van der Waals surface area contributed by atoms with E-state index in [2.05, 4.69) is 25.8 Å². The highest BCUT2D eigenvalue weighted by molar-refractivity contribution is 5.74. The van der Waals surface area contributed by atoms with Crippen LogP contribution in [0.4, 0.5) is 4.79 Å². The van der Waals surface area contributed by atoms with E-state index < -0.39 is 0 Å². The Balaban J connectivity index is 1.53. The Morgan fingerprint density at radius 3 is 3.00 bits per heavy atom. The largest absolute Gasteiger partial charge is 0.338 e. The van der Waals surface area contributed by atoms with Crippen molar-refractivity contribution in [3.63, 3.8) is 0 Å². The van der Waals surface area contributed by atoms with Crippen molar-refractivity contribution in [1.82, 2.24) is 25.8 Å². The van der Waals surface area contributed by atoms with Crippen molar-refractivity contribution in [2.45, 2.75) is 44.6 Å². The van der Waals surface area contributed by atoms with Gasteiger partial charge in [-0.1, -0.05) is 12.8 Å². The summed E-state index contributed by atoms with van der Waals surface area (Å²) in [6.45, 7) is 0.666. The topological polar surface area (TPSA) is 82.7 Å². The second-order valence-corrected chi connectivity index (χ2v) is 4.42. The van der Waals surface area contributed by atoms with E-state index in [0.29, 0.717) is 12.6 Å². The van der Waals surface area contributed by atoms with E-state index in [0.717, 1.165) is 31.5 Å². The maximum Gasteiger partial charge on any atom is 0.315 e. The molecule has 0 spiro atoms. The van der Waals surface area contributed by atoms with Gasteiger partial charge in [0.15, 0.2) is 0 Å². The van der Waals surface area contributed by atoms with Crippen LogP contribution in [0.5, 0.6) is 0 Å². The van der Waals surface area contributed by atoms with Gasteiger partial charge < -0.3 is 10.6 Å². The number of carbonyl (C=O) groups excluding carboxylic acids is 1. The first-order valence-corrected chi connectivity index (χ1v) is 6.23. The number of hydrogen-bond donors (Lipinski definition) is 3. The number of nitrogens with zero attached hydrogens (tertiary/aromatic N) is 2. The molecule has 1 saturated carbocycles. The van der Waals surface area contributed by atoms with Gasteiger partial charge in [-0.3, -0.25) is 5.10 Å². The number of aromatic amines is 1. The Hall–Kier alpha value is -1.59. The van der Waals surface area contributed by atoms with E-state index in [1.165, 1.54) is 19.2 Å². The maximum absolute atomic E-state index is 11.5. The maximum atomic E-state index is 11.5. The summed E-state index contributed by atoms with van der Waals surface area (Å²) in [5, 5.41) is 12.4. The number of carbonyl (C=O) groups is 1. The summed E-state index contributed by atoms with van der Waals surface area (Å²) in [6.07, 6.45) is 7.87. The molecule has 1 heterocycles. The first-order chi connectivity index (χ1) is 8.34. The van der Waals surface area contributed by atoms with Gasteiger partial charge in [0, 0.05) is 19.0 Å². The summed E-state index contributed by atoms with van der Waals surface area (Å²) in [5.74, 6) is 0.864. The first-order valence-electron chi connectivity index (χ1n) is 6.23. The molecular formula is C11H19N5O. The van der Waals surface area contributed by atoms with Crippen molar-refractivity contribution in [1.29, 1.82) is 0 Å². The fraction of sp³-hybridized carbons (Fsp3) is 0.727. The monoisotopic (exact) mass is 237 g/mol. The molecule has 0 unspecified atom stereocenters. The smallest absolute Gasteiger partial charge is 0.315 e. The highest BCUT2D eigenvalue weighted by Gasteiger charge is 2.16. The SMILES string of the molecule is O=C(NCCCc1ncn[nH]1)NC1CCCC1. The number of amides is 2. The van der Waals surface area contributed by atoms with Crippen LogP contribution in [0, 0.1) is 0 Å². The van der Waals surface area contributed by atoms with Crippen LogP contribution in [0.1, 0.15) is 37.9 Å². The molecule has 0 radical (unpaired) electrons. The Labute approximate surface area is 101 Å². The number of aromatic nitrogens is 3. The summed E-state index contributed by atoms with van der Waals surface area (Å²) < 4.78 is 0. The fourth-order valence-corrected chi connectivity index (χ4v) is 2.12. The van der Waals surface area contributed by atoms with Crippen molar-refractivity contribution in [3.8, 4) is 0 Å². The lowest BCUT2D eigenvalue weighted by Gasteiger charge is -2.12. The minimum absolute atomic E-state index is 0.0468. The molecule has 2 amide bonds. The molecule has 94 valence electrons. The number of hydrogen-bond acceptors (Lipinski definition) is 3. The average Bonchev–Trinajstić information content (AvgIpc) is 2.96. The van der Waals surface area contributed by atoms with Crippen LogP contribution in [-0.2, 0) is 6.42 Å². The van der Waals surface area contributed by atoms with E-state index in [1.54, 1.807) is 0 Å². The number of urea groups is 1. The van der Waals surface area contributed by atoms with Crippen molar-refractivity contribution in [2.24, 2.45) is 0 Å². The van der Waals surface area contributed by atoms with Crippen LogP contribution in [0.3, 0.4) is 0 Å². The van der Waals surface area contributed by atoms with E-state index in [-0.39, 0.29) is 6.03 Å². The third kappa shape index (κ3) is 4.05. The van der Waals surface area contributed by atoms with Gasteiger partial charge in [0.1, 0.15) is 12.2 Å². The van der Waals surface area contributed by atoms with E-state index in [1.807, 2.05) is 0 Å². The number of aryl methyl sites for hydroxylation is 1. The number of rotatable bonds is 5. The first kappa shape index (κ1) is 11.9. The zero-order valence-corrected chi connectivity index (χ0v) is 9.91. The number of H-pyrrole nitrogens is 1. The highest BCUT2D eigenvalue weighted by Crippen LogP contribution is 2.17. The van der Waals surface area contributed by atoms with Crippen LogP contribution in [0.25, 0.3) is 0 Å². The van der Waals surface area contributed by atoms with Crippen molar-refractivity contribution in [3.05, 3.63) is 12.2 Å². The Bertz CT molecular complexity index is 332. The molecule has 0 atom stereocenters. The lowest BCUT2D eigenvalue weighted by molar-refractivity contribution is 0.237. The van der Waals surface area contributed by atoms with Gasteiger partial charge >= 0.3 is 6.03 Å². The molecule has 1 aromatic heterocycles. The quantitative estimate of drug-likeness (QED) is 0.667. The van der Waals surface area contributed by atoms with Crippen LogP contribution in [0.2, 0.25) is 0 Å². The molecule has 6 nitrogen and oxygen atoms in total. The van der Waals surface area contributed by atoms with Crippen molar-refractivity contribution >= 4 is 6.03 Å². The van der Waals surface area contributed by atoms with Gasteiger partial charge in [0.25, 0.3) is 0 Å². The standard InChI is InChI=1S/C11H19N5O/c17-11(15-9-4-1-2-5-9)12-7-3-6-10-13-8-14-16-10/h8-9H,1-7H2,(H2,12,15,17)(H,13,14,16). The van der Waals surface area contributed by atoms with Gasteiger partial charge in [-0.25, -0.2) is 9.78 Å². The van der Waals surface area contributed by atoms with E-state index >= 15 is 0 Å². The van der Waals surface area contributed by atoms with Crippen LogP contribution in [-0.4, -0.2) is 33.8 Å². The molecule has 0 aromatic carbocycles. The van der Waals surface area contributed by atoms with Crippen LogP contribution in [0.15, 0.2) is 6.33 Å². The fourth-order valence-electron chi connectivity index (χ4n) is 2.12. The molecule has 0 saturated heterocycles. The Morgan fingerprint density at radius 1 is 1.47 bits per heavy atom. The van der Waals surface area contributed by atoms with Crippen molar-refractivity contribution < 1.29 is 4.79 Å². The molecule has 3 N–H and O–H groups in total. The zero-order chi connectivity index (χ0) is 11.9. The van der Waals surface area contributed by atoms with Gasteiger partial charge in [-0.05, 0) is 19.3 Å². The third-order valence-electron chi connectivity index (χ3n) is 3.03. The molecule has 17 heavy (non-hydrogen) atoms. The van der Waals surface area contributed by atoms with Crippen LogP contribution < -0.4 is 10.6 Å². The molecule has 1 fully saturated rings. The van der Waals surface area contributed by atoms with Crippen LogP contribution >= 0.6 is 0 Å². The van der Waals surface area contributed by atoms with E-state index in [9.17, 15) is 4.79 Å². The van der Waals surface area contributed by atoms with Gasteiger partial charge in [0.2, 0.25) is 0 Å². The molecule has 1 aliphatic carbocycles. The third-order valence-corrected chi connectivity index (χ3v) is 3.03. The summed E-state index contributed by atoms with van der Waals surface area (Å²) in [5.41, 5.74) is 0. The highest BCUT2D eigenvalue weighted by atomic mass is 16.2. The van der Waals surface area contributed by atoms with Crippen molar-refractivity contribution in [2.75, 3.05) is 6.54 Å². The normalized spacial score (nSPS) is 16.0. The summed E-state index contributed by atoms with van der Waals surface area (Å²) in [7, 11) is 0. The molecule has 6 heteroatoms. The number of nitrogens with one attached hydrogen (secondary N) is 3.